The first kappa shape index (κ1) is 22.3. The number of aryl methyl sites for hydroxylation is 3. The Hall–Kier alpha value is -1.01. The third-order valence-corrected chi connectivity index (χ3v) is 6.19. The summed E-state index contributed by atoms with van der Waals surface area (Å²) in [7, 11) is 1.86. The third-order valence-electron chi connectivity index (χ3n) is 4.35. The number of halogens is 1. The van der Waals surface area contributed by atoms with E-state index in [9.17, 15) is 0 Å². The minimum Gasteiger partial charge on any atom is -0.356 e. The smallest absolute Gasteiger partial charge is 0.205 e. The van der Waals surface area contributed by atoms with Crippen LogP contribution in [0.25, 0.3) is 0 Å². The molecule has 0 spiro atoms. The first-order chi connectivity index (χ1) is 12.7. The molecular weight excluding hydrogens is 493 g/mol. The average molecular weight is 521 g/mol. The van der Waals surface area contributed by atoms with Gasteiger partial charge < -0.3 is 15.1 Å². The second-order valence-corrected chi connectivity index (χ2v) is 7.95. The Labute approximate surface area is 186 Å². The monoisotopic (exact) mass is 521 g/mol. The number of aliphatic imine (C=N–C) groups is 1. The molecule has 1 aliphatic heterocycles. The summed E-state index contributed by atoms with van der Waals surface area (Å²) in [6.45, 7) is 8.87. The molecule has 10 heteroatoms. The summed E-state index contributed by atoms with van der Waals surface area (Å²) in [5, 5.41) is 7.87. The first-order valence-corrected chi connectivity index (χ1v) is 10.8. The normalized spacial score (nSPS) is 15.0. The quantitative estimate of drug-likeness (QED) is 0.273. The van der Waals surface area contributed by atoms with Crippen LogP contribution in [0.2, 0.25) is 0 Å². The van der Waals surface area contributed by atoms with Crippen molar-refractivity contribution in [3.63, 3.8) is 0 Å². The molecule has 2 aromatic rings. The summed E-state index contributed by atoms with van der Waals surface area (Å²) in [5.41, 5.74) is 1.12. The Balaban J connectivity index is 0.00000261. The fourth-order valence-electron chi connectivity index (χ4n) is 2.92. The van der Waals surface area contributed by atoms with E-state index >= 15 is 0 Å². The van der Waals surface area contributed by atoms with Gasteiger partial charge in [0.05, 0.1) is 5.01 Å². The molecular formula is C17H28IN7S2. The highest BCUT2D eigenvalue weighted by atomic mass is 127. The number of anilines is 1. The number of piperazine rings is 1. The van der Waals surface area contributed by atoms with Gasteiger partial charge in [-0.2, -0.15) is 4.37 Å². The Morgan fingerprint density at radius 1 is 1.26 bits per heavy atom. The van der Waals surface area contributed by atoms with Gasteiger partial charge in [-0.05, 0) is 13.3 Å². The van der Waals surface area contributed by atoms with Gasteiger partial charge in [-0.25, -0.2) is 9.97 Å². The van der Waals surface area contributed by atoms with E-state index in [1.54, 1.807) is 11.3 Å². The van der Waals surface area contributed by atoms with E-state index in [2.05, 4.69) is 46.8 Å². The predicted molar refractivity (Wildman–Crippen MR) is 125 cm³/mol. The molecule has 27 heavy (non-hydrogen) atoms. The SMILES string of the molecule is CCc1nsc(N2CCN(C(=NC)NCCCc3nc(C)cs3)CC2)n1.I. The van der Waals surface area contributed by atoms with Crippen molar-refractivity contribution in [3.05, 3.63) is 21.9 Å². The zero-order chi connectivity index (χ0) is 18.4. The van der Waals surface area contributed by atoms with Crippen LogP contribution in [0.4, 0.5) is 5.13 Å². The van der Waals surface area contributed by atoms with Gasteiger partial charge >= 0.3 is 0 Å². The summed E-state index contributed by atoms with van der Waals surface area (Å²) < 4.78 is 4.39. The topological polar surface area (TPSA) is 69.5 Å². The Kier molecular flexibility index (Phi) is 9.16. The summed E-state index contributed by atoms with van der Waals surface area (Å²) in [6.07, 6.45) is 2.98. The van der Waals surface area contributed by atoms with Gasteiger partial charge in [0.1, 0.15) is 5.82 Å². The standard InChI is InChI=1S/C17H27N7S2.HI/c1-4-14-21-17(26-22-14)24-10-8-23(9-11-24)16(18-3)19-7-5-6-15-20-13(2)12-25-15;/h12H,4-11H2,1-3H3,(H,18,19);1H. The molecule has 0 amide bonds. The van der Waals surface area contributed by atoms with Crippen molar-refractivity contribution in [1.82, 2.24) is 24.6 Å². The van der Waals surface area contributed by atoms with Crippen molar-refractivity contribution < 1.29 is 0 Å². The van der Waals surface area contributed by atoms with E-state index in [0.717, 1.165) is 74.6 Å². The number of rotatable bonds is 6. The Bertz CT molecular complexity index is 722. The number of guanidine groups is 1. The van der Waals surface area contributed by atoms with Crippen LogP contribution in [0.1, 0.15) is 29.9 Å². The molecule has 3 rings (SSSR count). The zero-order valence-corrected chi connectivity index (χ0v) is 20.1. The Morgan fingerprint density at radius 3 is 2.63 bits per heavy atom. The van der Waals surface area contributed by atoms with Gasteiger partial charge in [-0.15, -0.1) is 35.3 Å². The van der Waals surface area contributed by atoms with E-state index in [4.69, 9.17) is 0 Å². The van der Waals surface area contributed by atoms with Gasteiger partial charge in [0.15, 0.2) is 5.96 Å². The molecule has 1 aliphatic rings. The lowest BCUT2D eigenvalue weighted by Gasteiger charge is -2.36. The maximum atomic E-state index is 4.60. The van der Waals surface area contributed by atoms with Gasteiger partial charge in [-0.3, -0.25) is 4.99 Å². The molecule has 0 saturated carbocycles. The second-order valence-electron chi connectivity index (χ2n) is 6.28. The molecule has 0 bridgehead atoms. The molecule has 1 fully saturated rings. The van der Waals surface area contributed by atoms with Gasteiger partial charge in [0, 0.05) is 75.2 Å². The van der Waals surface area contributed by atoms with Crippen LogP contribution in [0.3, 0.4) is 0 Å². The van der Waals surface area contributed by atoms with Crippen molar-refractivity contribution >= 4 is 57.9 Å². The molecule has 0 aromatic carbocycles. The summed E-state index contributed by atoms with van der Waals surface area (Å²) in [6, 6.07) is 0. The largest absolute Gasteiger partial charge is 0.356 e. The molecule has 0 aliphatic carbocycles. The molecule has 0 atom stereocenters. The van der Waals surface area contributed by atoms with Crippen LogP contribution >= 0.6 is 46.8 Å². The van der Waals surface area contributed by atoms with Gasteiger partial charge in [0.2, 0.25) is 5.13 Å². The summed E-state index contributed by atoms with van der Waals surface area (Å²) in [5.74, 6) is 1.94. The first-order valence-electron chi connectivity index (χ1n) is 9.13. The number of nitrogens with zero attached hydrogens (tertiary/aromatic N) is 6. The van der Waals surface area contributed by atoms with Crippen LogP contribution in [0.5, 0.6) is 0 Å². The van der Waals surface area contributed by atoms with Crippen molar-refractivity contribution in [1.29, 1.82) is 0 Å². The van der Waals surface area contributed by atoms with E-state index < -0.39 is 0 Å². The van der Waals surface area contributed by atoms with Crippen LogP contribution in [0, 0.1) is 6.92 Å². The molecule has 3 heterocycles. The third kappa shape index (κ3) is 6.24. The van der Waals surface area contributed by atoms with Gasteiger partial charge in [-0.1, -0.05) is 6.92 Å². The number of hydrogen-bond acceptors (Lipinski definition) is 7. The highest BCUT2D eigenvalue weighted by molar-refractivity contribution is 14.0. The fraction of sp³-hybridized carbons (Fsp3) is 0.647. The molecule has 0 radical (unpaired) electrons. The van der Waals surface area contributed by atoms with Crippen LogP contribution < -0.4 is 10.2 Å². The highest BCUT2D eigenvalue weighted by Crippen LogP contribution is 2.19. The van der Waals surface area contributed by atoms with Gasteiger partial charge in [0.25, 0.3) is 0 Å². The lowest BCUT2D eigenvalue weighted by molar-refractivity contribution is 0.372. The lowest BCUT2D eigenvalue weighted by Crippen LogP contribution is -2.52. The van der Waals surface area contributed by atoms with Crippen molar-refractivity contribution in [3.8, 4) is 0 Å². The minimum atomic E-state index is 0. The number of nitrogens with one attached hydrogen (secondary N) is 1. The van der Waals surface area contributed by atoms with E-state index in [1.807, 2.05) is 14.0 Å². The van der Waals surface area contributed by atoms with Crippen LogP contribution in [-0.2, 0) is 12.8 Å². The minimum absolute atomic E-state index is 0. The average Bonchev–Trinajstić information content (AvgIpc) is 3.31. The summed E-state index contributed by atoms with van der Waals surface area (Å²) in [4.78, 5) is 18.2. The fourth-order valence-corrected chi connectivity index (χ4v) is 4.54. The maximum absolute atomic E-state index is 4.60. The molecule has 150 valence electrons. The van der Waals surface area contributed by atoms with Crippen molar-refractivity contribution in [2.24, 2.45) is 4.99 Å². The molecule has 7 nitrogen and oxygen atoms in total. The Morgan fingerprint density at radius 2 is 2.04 bits per heavy atom. The van der Waals surface area contributed by atoms with Crippen LogP contribution in [0.15, 0.2) is 10.4 Å². The summed E-state index contributed by atoms with van der Waals surface area (Å²) >= 11 is 3.26. The molecule has 1 saturated heterocycles. The van der Waals surface area contributed by atoms with E-state index in [-0.39, 0.29) is 24.0 Å². The maximum Gasteiger partial charge on any atom is 0.205 e. The van der Waals surface area contributed by atoms with Crippen molar-refractivity contribution in [2.45, 2.75) is 33.1 Å². The zero-order valence-electron chi connectivity index (χ0n) is 16.1. The molecule has 1 N–H and O–H groups in total. The predicted octanol–water partition coefficient (Wildman–Crippen LogP) is 2.81. The molecule has 0 unspecified atom stereocenters. The lowest BCUT2D eigenvalue weighted by atomic mass is 10.3. The van der Waals surface area contributed by atoms with Crippen LogP contribution in [-0.4, -0.2) is 65.0 Å². The number of hydrogen-bond donors (Lipinski definition) is 1. The number of aromatic nitrogens is 3. The highest BCUT2D eigenvalue weighted by Gasteiger charge is 2.21. The van der Waals surface area contributed by atoms with E-state index in [1.165, 1.54) is 16.5 Å². The van der Waals surface area contributed by atoms with Crippen molar-refractivity contribution in [2.75, 3.05) is 44.7 Å². The second kappa shape index (κ2) is 11.1. The number of thiazole rings is 1. The molecule has 2 aromatic heterocycles. The van der Waals surface area contributed by atoms with E-state index in [0.29, 0.717) is 0 Å².